The largest absolute Gasteiger partial charge is 0.449 e. The second-order valence-electron chi connectivity index (χ2n) is 6.20. The number of carbonyl (C=O) groups is 1. The van der Waals surface area contributed by atoms with Gasteiger partial charge < -0.3 is 14.4 Å². The molecule has 0 aliphatic carbocycles. The number of amides is 1. The van der Waals surface area contributed by atoms with Gasteiger partial charge in [0.25, 0.3) is 5.91 Å². The van der Waals surface area contributed by atoms with Gasteiger partial charge in [-0.3, -0.25) is 4.79 Å². The summed E-state index contributed by atoms with van der Waals surface area (Å²) < 4.78 is 41.9. The van der Waals surface area contributed by atoms with Crippen molar-refractivity contribution in [3.63, 3.8) is 0 Å². The topological polar surface area (TPSA) is 53.7 Å². The number of likely N-dealkylation sites (tertiary alicyclic amines) is 1. The fourth-order valence-corrected chi connectivity index (χ4v) is 3.13. The number of nitrogens with zero attached hydrogens (tertiary/aromatic N) is 1. The van der Waals surface area contributed by atoms with E-state index in [1.807, 2.05) is 13.8 Å². The van der Waals surface area contributed by atoms with E-state index in [9.17, 15) is 23.1 Å². The van der Waals surface area contributed by atoms with Gasteiger partial charge in [-0.15, -0.1) is 0 Å². The van der Waals surface area contributed by atoms with Crippen molar-refractivity contribution in [1.29, 1.82) is 0 Å². The standard InChI is InChI=1S/C14H18F3NO3S/c1-13(2)7-9(19)5-6-18(8-13)12(20)10-3-4-11(21-10)22-14(15,16)17/h3-4,9,19H,5-8H2,1-2H3. The first-order valence-corrected chi connectivity index (χ1v) is 7.70. The molecule has 1 aliphatic rings. The van der Waals surface area contributed by atoms with Crippen LogP contribution in [0.2, 0.25) is 0 Å². The minimum Gasteiger partial charge on any atom is -0.444 e. The minimum atomic E-state index is -4.45. The molecule has 1 N–H and O–H groups in total. The van der Waals surface area contributed by atoms with Crippen molar-refractivity contribution < 1.29 is 27.5 Å². The summed E-state index contributed by atoms with van der Waals surface area (Å²) >= 11 is -0.387. The second kappa shape index (κ2) is 6.16. The number of furan rings is 1. The van der Waals surface area contributed by atoms with Crippen molar-refractivity contribution in [1.82, 2.24) is 4.90 Å². The molecule has 0 saturated carbocycles. The van der Waals surface area contributed by atoms with Crippen molar-refractivity contribution >= 4 is 17.7 Å². The van der Waals surface area contributed by atoms with E-state index >= 15 is 0 Å². The maximum absolute atomic E-state index is 12.4. The molecule has 4 nitrogen and oxygen atoms in total. The monoisotopic (exact) mass is 337 g/mol. The first kappa shape index (κ1) is 17.2. The SMILES string of the molecule is CC1(C)CC(O)CCN(C(=O)c2ccc(SC(F)(F)F)o2)C1. The fraction of sp³-hybridized carbons (Fsp3) is 0.643. The summed E-state index contributed by atoms with van der Waals surface area (Å²) in [7, 11) is 0. The molecular formula is C14H18F3NO3S. The van der Waals surface area contributed by atoms with Gasteiger partial charge in [0, 0.05) is 24.9 Å². The van der Waals surface area contributed by atoms with Gasteiger partial charge in [0.15, 0.2) is 10.9 Å². The maximum Gasteiger partial charge on any atom is 0.449 e. The highest BCUT2D eigenvalue weighted by Gasteiger charge is 2.34. The smallest absolute Gasteiger partial charge is 0.444 e. The number of halogens is 3. The average Bonchev–Trinajstić information content (AvgIpc) is 2.73. The van der Waals surface area contributed by atoms with E-state index in [-0.39, 0.29) is 28.0 Å². The lowest BCUT2D eigenvalue weighted by Gasteiger charge is -2.29. The molecule has 1 saturated heterocycles. The van der Waals surface area contributed by atoms with E-state index in [4.69, 9.17) is 4.42 Å². The van der Waals surface area contributed by atoms with Crippen LogP contribution in [-0.2, 0) is 0 Å². The quantitative estimate of drug-likeness (QED) is 0.839. The number of aliphatic hydroxyl groups excluding tert-OH is 1. The molecule has 1 atom stereocenters. The van der Waals surface area contributed by atoms with E-state index in [1.54, 1.807) is 0 Å². The Labute approximate surface area is 130 Å². The van der Waals surface area contributed by atoms with Gasteiger partial charge in [-0.2, -0.15) is 13.2 Å². The van der Waals surface area contributed by atoms with Crippen LogP contribution < -0.4 is 0 Å². The molecule has 0 aromatic carbocycles. The zero-order valence-corrected chi connectivity index (χ0v) is 13.1. The minimum absolute atomic E-state index is 0.112. The highest BCUT2D eigenvalue weighted by Crippen LogP contribution is 2.38. The number of alkyl halides is 3. The average molecular weight is 337 g/mol. The van der Waals surface area contributed by atoms with Gasteiger partial charge in [0.1, 0.15) is 0 Å². The van der Waals surface area contributed by atoms with Crippen LogP contribution in [0.4, 0.5) is 13.2 Å². The molecule has 1 aliphatic heterocycles. The molecule has 2 heterocycles. The highest BCUT2D eigenvalue weighted by atomic mass is 32.2. The molecule has 1 fully saturated rings. The Morgan fingerprint density at radius 2 is 2.14 bits per heavy atom. The molecule has 0 spiro atoms. The summed E-state index contributed by atoms with van der Waals surface area (Å²) in [6.07, 6.45) is 0.533. The van der Waals surface area contributed by atoms with Gasteiger partial charge >= 0.3 is 5.51 Å². The number of aliphatic hydroxyl groups is 1. The Bertz CT molecular complexity index is 542. The molecule has 0 radical (unpaired) electrons. The number of hydrogen-bond acceptors (Lipinski definition) is 4. The summed E-state index contributed by atoms with van der Waals surface area (Å²) in [4.78, 5) is 13.9. The van der Waals surface area contributed by atoms with Crippen LogP contribution in [0.5, 0.6) is 0 Å². The number of carbonyl (C=O) groups excluding carboxylic acids is 1. The first-order valence-electron chi connectivity index (χ1n) is 6.89. The fourth-order valence-electron chi connectivity index (χ4n) is 2.64. The molecule has 2 rings (SSSR count). The molecule has 1 aromatic rings. The Balaban J connectivity index is 2.10. The van der Waals surface area contributed by atoms with Crippen LogP contribution in [-0.4, -0.2) is 40.6 Å². The van der Waals surface area contributed by atoms with Gasteiger partial charge in [0.05, 0.1) is 6.10 Å². The van der Waals surface area contributed by atoms with E-state index < -0.39 is 17.5 Å². The zero-order chi connectivity index (χ0) is 16.5. The molecule has 0 bridgehead atoms. The summed E-state index contributed by atoms with van der Waals surface area (Å²) in [5.41, 5.74) is -4.71. The van der Waals surface area contributed by atoms with Crippen LogP contribution in [0.3, 0.4) is 0 Å². The summed E-state index contributed by atoms with van der Waals surface area (Å²) in [5.74, 6) is -0.560. The van der Waals surface area contributed by atoms with Crippen LogP contribution in [0.1, 0.15) is 37.2 Å². The van der Waals surface area contributed by atoms with Crippen molar-refractivity contribution in [2.75, 3.05) is 13.1 Å². The molecule has 22 heavy (non-hydrogen) atoms. The maximum atomic E-state index is 12.4. The molecule has 1 unspecified atom stereocenters. The first-order chi connectivity index (χ1) is 10.1. The zero-order valence-electron chi connectivity index (χ0n) is 12.3. The Hall–Kier alpha value is -1.15. The number of thioether (sulfide) groups is 1. The molecule has 124 valence electrons. The van der Waals surface area contributed by atoms with E-state index in [0.29, 0.717) is 25.9 Å². The van der Waals surface area contributed by atoms with E-state index in [2.05, 4.69) is 0 Å². The lowest BCUT2D eigenvalue weighted by molar-refractivity contribution is -0.0335. The van der Waals surface area contributed by atoms with Crippen LogP contribution >= 0.6 is 11.8 Å². The third-order valence-electron chi connectivity index (χ3n) is 3.44. The van der Waals surface area contributed by atoms with Crippen molar-refractivity contribution in [2.24, 2.45) is 5.41 Å². The molecule has 1 aromatic heterocycles. The van der Waals surface area contributed by atoms with Crippen molar-refractivity contribution in [2.45, 2.75) is 43.4 Å². The Kier molecular flexibility index (Phi) is 4.81. The third-order valence-corrected chi connectivity index (χ3v) is 4.09. The highest BCUT2D eigenvalue weighted by molar-refractivity contribution is 8.00. The number of rotatable bonds is 2. The third kappa shape index (κ3) is 4.67. The van der Waals surface area contributed by atoms with Crippen LogP contribution in [0.25, 0.3) is 0 Å². The summed E-state index contributed by atoms with van der Waals surface area (Å²) in [6, 6.07) is 2.40. The molecular weight excluding hydrogens is 319 g/mol. The van der Waals surface area contributed by atoms with Gasteiger partial charge in [-0.1, -0.05) is 13.8 Å². The van der Waals surface area contributed by atoms with E-state index in [0.717, 1.165) is 6.07 Å². The van der Waals surface area contributed by atoms with Crippen molar-refractivity contribution in [3.05, 3.63) is 17.9 Å². The van der Waals surface area contributed by atoms with Crippen LogP contribution in [0.15, 0.2) is 21.6 Å². The second-order valence-corrected chi connectivity index (χ2v) is 7.27. The lowest BCUT2D eigenvalue weighted by Crippen LogP contribution is -2.37. The number of hydrogen-bond donors (Lipinski definition) is 1. The van der Waals surface area contributed by atoms with Gasteiger partial charge in [0.2, 0.25) is 0 Å². The summed E-state index contributed by atoms with van der Waals surface area (Å²) in [6.45, 7) is 4.65. The molecule has 8 heteroatoms. The normalized spacial score (nSPS) is 22.5. The van der Waals surface area contributed by atoms with Gasteiger partial charge in [-0.05, 0) is 30.4 Å². The Morgan fingerprint density at radius 1 is 1.45 bits per heavy atom. The predicted octanol–water partition coefficient (Wildman–Crippen LogP) is 3.51. The van der Waals surface area contributed by atoms with E-state index in [1.165, 1.54) is 11.0 Å². The molecule has 1 amide bonds. The van der Waals surface area contributed by atoms with Crippen LogP contribution in [0, 0.1) is 5.41 Å². The Morgan fingerprint density at radius 3 is 2.77 bits per heavy atom. The van der Waals surface area contributed by atoms with Crippen molar-refractivity contribution in [3.8, 4) is 0 Å². The van der Waals surface area contributed by atoms with Gasteiger partial charge in [-0.25, -0.2) is 0 Å². The predicted molar refractivity (Wildman–Crippen MR) is 75.5 cm³/mol. The summed E-state index contributed by atoms with van der Waals surface area (Å²) in [5, 5.41) is 9.48. The lowest BCUT2D eigenvalue weighted by atomic mass is 9.87.